The van der Waals surface area contributed by atoms with Crippen molar-refractivity contribution in [2.45, 2.75) is 65.5 Å². The van der Waals surface area contributed by atoms with Crippen LogP contribution < -0.4 is 26.2 Å². The van der Waals surface area contributed by atoms with E-state index < -0.39 is 0 Å². The number of aromatic nitrogens is 1. The summed E-state index contributed by atoms with van der Waals surface area (Å²) in [6.07, 6.45) is 0. The molecule has 2 aliphatic heterocycles. The average molecular weight is 1230 g/mol. The highest BCUT2D eigenvalue weighted by Gasteiger charge is 2.44. The van der Waals surface area contributed by atoms with E-state index in [9.17, 15) is 5.26 Å². The fourth-order valence-electron chi connectivity index (χ4n) is 15.1. The van der Waals surface area contributed by atoms with Gasteiger partial charge in [0.2, 0.25) is 0 Å². The molecule has 0 radical (unpaired) electrons. The van der Waals surface area contributed by atoms with Crippen LogP contribution in [0.4, 0.5) is 28.4 Å². The van der Waals surface area contributed by atoms with Crippen LogP contribution in [0.1, 0.15) is 69.4 Å². The molecule has 458 valence electrons. The molecule has 0 bridgehead atoms. The summed E-state index contributed by atoms with van der Waals surface area (Å²) in [6, 6.07) is 110. The molecule has 0 saturated heterocycles. The fourth-order valence-corrected chi connectivity index (χ4v) is 15.1. The number of hydrogen-bond acceptors (Lipinski definition) is 3. The van der Waals surface area contributed by atoms with Crippen molar-refractivity contribution in [3.8, 4) is 78.5 Å². The van der Waals surface area contributed by atoms with E-state index in [2.05, 4.69) is 358 Å². The van der Waals surface area contributed by atoms with Crippen molar-refractivity contribution in [3.05, 3.63) is 330 Å². The zero-order valence-corrected chi connectivity index (χ0v) is 54.9. The van der Waals surface area contributed by atoms with Crippen molar-refractivity contribution in [2.24, 2.45) is 0 Å². The van der Waals surface area contributed by atoms with E-state index in [4.69, 9.17) is 6.57 Å². The van der Waals surface area contributed by atoms with Gasteiger partial charge in [-0.2, -0.15) is 5.26 Å². The van der Waals surface area contributed by atoms with Gasteiger partial charge in [0, 0.05) is 46.6 Å². The van der Waals surface area contributed by atoms with E-state index in [1.165, 1.54) is 60.5 Å². The van der Waals surface area contributed by atoms with E-state index in [-0.39, 0.29) is 17.5 Å². The van der Waals surface area contributed by atoms with Crippen molar-refractivity contribution in [2.75, 3.05) is 9.80 Å². The molecule has 2 aliphatic rings. The third kappa shape index (κ3) is 10.4. The van der Waals surface area contributed by atoms with Gasteiger partial charge in [-0.25, -0.2) is 4.85 Å². The van der Waals surface area contributed by atoms with Crippen LogP contribution in [-0.4, -0.2) is 11.3 Å². The predicted octanol–water partition coefficient (Wildman–Crippen LogP) is 21.6. The SMILES string of the molecule is [C-]#[N+]c1cc(-c2ccc3c(c2)B2c4cc(-c5cc(C#N)cc(C(C)(C)C)c5)ccc4N(Cc4c(-c5ccccc5)cccc4-c4ccccc4)c4cc(-n5c6ccccc6c6ccccc65)cc(c42)N3Cc2c(-c3ccccc3)cccc2-c2ccccc2)cc(C(C)(C)C)c1. The van der Waals surface area contributed by atoms with Crippen LogP contribution in [-0.2, 0) is 23.9 Å². The van der Waals surface area contributed by atoms with Gasteiger partial charge in [0.15, 0.2) is 5.69 Å². The number of anilines is 4. The van der Waals surface area contributed by atoms with Gasteiger partial charge in [-0.1, -0.05) is 284 Å². The Morgan fingerprint density at radius 2 is 0.771 bits per heavy atom. The smallest absolute Gasteiger partial charge is 0.252 e. The highest BCUT2D eigenvalue weighted by atomic mass is 15.2. The molecule has 5 nitrogen and oxygen atoms in total. The van der Waals surface area contributed by atoms with Crippen LogP contribution in [0.15, 0.2) is 291 Å². The lowest BCUT2D eigenvalue weighted by Crippen LogP contribution is -2.62. The molecule has 0 amide bonds. The lowest BCUT2D eigenvalue weighted by atomic mass is 9.33. The normalized spacial score (nSPS) is 12.5. The third-order valence-corrected chi connectivity index (χ3v) is 19.9. The molecule has 0 saturated carbocycles. The predicted molar refractivity (Wildman–Crippen MR) is 404 cm³/mol. The second kappa shape index (κ2) is 23.7. The number of rotatable bonds is 11. The summed E-state index contributed by atoms with van der Waals surface area (Å²) in [5.41, 5.74) is 30.2. The molecular weight excluding hydrogens is 1160 g/mol. The van der Waals surface area contributed by atoms with Gasteiger partial charge in [-0.05, 0) is 165 Å². The van der Waals surface area contributed by atoms with Crippen molar-refractivity contribution in [3.63, 3.8) is 0 Å². The second-order valence-corrected chi connectivity index (χ2v) is 27.8. The summed E-state index contributed by atoms with van der Waals surface area (Å²) in [5, 5.41) is 13.1. The molecule has 0 atom stereocenters. The van der Waals surface area contributed by atoms with Crippen LogP contribution in [0.3, 0.4) is 0 Å². The van der Waals surface area contributed by atoms with Crippen molar-refractivity contribution in [1.29, 1.82) is 5.26 Å². The minimum absolute atomic E-state index is 0.206. The number of fused-ring (bicyclic) bond motifs is 7. The molecule has 6 heteroatoms. The van der Waals surface area contributed by atoms with Gasteiger partial charge in [0.1, 0.15) is 0 Å². The first kappa shape index (κ1) is 59.3. The Balaban J connectivity index is 1.05. The molecule has 0 fully saturated rings. The average Bonchev–Trinajstić information content (AvgIpc) is 0.875. The largest absolute Gasteiger partial charge is 0.338 e. The molecule has 0 N–H and O–H groups in total. The number of nitrogens with zero attached hydrogens (tertiary/aromatic N) is 5. The Morgan fingerprint density at radius 1 is 0.375 bits per heavy atom. The van der Waals surface area contributed by atoms with E-state index in [1.54, 1.807) is 0 Å². The molecule has 16 rings (SSSR count). The van der Waals surface area contributed by atoms with Crippen molar-refractivity contribution >= 4 is 73.3 Å². The Hall–Kier alpha value is -11.7. The molecule has 96 heavy (non-hydrogen) atoms. The molecule has 1 aromatic heterocycles. The van der Waals surface area contributed by atoms with Crippen molar-refractivity contribution in [1.82, 2.24) is 4.57 Å². The van der Waals surface area contributed by atoms with Gasteiger partial charge >= 0.3 is 0 Å². The summed E-state index contributed by atoms with van der Waals surface area (Å²) in [4.78, 5) is 9.38. The minimum atomic E-state index is -0.303. The molecule has 13 aromatic carbocycles. The van der Waals surface area contributed by atoms with Gasteiger partial charge < -0.3 is 14.4 Å². The first-order chi connectivity index (χ1) is 46.8. The summed E-state index contributed by atoms with van der Waals surface area (Å²) >= 11 is 0. The number of hydrogen-bond donors (Lipinski definition) is 0. The summed E-state index contributed by atoms with van der Waals surface area (Å²) in [5.74, 6) is 0. The van der Waals surface area contributed by atoms with E-state index in [0.29, 0.717) is 24.3 Å². The molecule has 0 unspecified atom stereocenters. The highest BCUT2D eigenvalue weighted by Crippen LogP contribution is 2.47. The summed E-state index contributed by atoms with van der Waals surface area (Å²) in [7, 11) is 0. The molecule has 3 heterocycles. The Kier molecular flexibility index (Phi) is 14.6. The van der Waals surface area contributed by atoms with E-state index >= 15 is 0 Å². The van der Waals surface area contributed by atoms with Gasteiger partial charge in [0.25, 0.3) is 6.71 Å². The van der Waals surface area contributed by atoms with E-state index in [1.807, 2.05) is 0 Å². The van der Waals surface area contributed by atoms with Crippen LogP contribution in [0, 0.1) is 17.9 Å². The lowest BCUT2D eigenvalue weighted by molar-refractivity contribution is 0.590. The van der Waals surface area contributed by atoms with Crippen LogP contribution in [0.2, 0.25) is 0 Å². The number of para-hydroxylation sites is 2. The molecule has 0 aliphatic carbocycles. The molecular formula is C90H70BN5. The second-order valence-electron chi connectivity index (χ2n) is 27.8. The van der Waals surface area contributed by atoms with Crippen LogP contribution in [0.25, 0.3) is 99.1 Å². The Bertz CT molecular complexity index is 5020. The van der Waals surface area contributed by atoms with Gasteiger partial charge in [0.05, 0.1) is 34.9 Å². The van der Waals surface area contributed by atoms with Crippen LogP contribution >= 0.6 is 0 Å². The highest BCUT2D eigenvalue weighted by molar-refractivity contribution is 7.00. The topological polar surface area (TPSA) is 39.6 Å². The first-order valence-electron chi connectivity index (χ1n) is 33.3. The zero-order valence-electron chi connectivity index (χ0n) is 54.9. The fraction of sp³-hybridized carbons (Fsp3) is 0.111. The van der Waals surface area contributed by atoms with E-state index in [0.717, 1.165) is 95.1 Å². The maximum Gasteiger partial charge on any atom is 0.252 e. The first-order valence-corrected chi connectivity index (χ1v) is 33.3. The molecule has 0 spiro atoms. The number of benzene rings is 13. The van der Waals surface area contributed by atoms with Crippen molar-refractivity contribution < 1.29 is 0 Å². The maximum atomic E-state index is 10.7. The lowest BCUT2D eigenvalue weighted by Gasteiger charge is -2.45. The Labute approximate surface area is 564 Å². The quantitative estimate of drug-likeness (QED) is 0.0957. The third-order valence-electron chi connectivity index (χ3n) is 19.9. The number of nitriles is 1. The molecule has 14 aromatic rings. The van der Waals surface area contributed by atoms with Gasteiger partial charge in [-0.15, -0.1) is 0 Å². The standard InChI is InChI=1S/C90H70BN5/c1-89(2,3)68-47-59(56-92)46-66(48-68)64-42-44-84-80(51-64)91-81-52-65(67-49-69(90(4,5)6)53-70(50-67)93-7)43-45-85(81)95(58-79-74(62-30-16-10-17-31-62)38-25-39-75(79)63-32-18-11-19-33-63)87-55-71(96-82-40-22-20-34-76(82)77-35-21-23-41-83(77)96)54-86(88(87)91)94(84)57-78-72(60-26-12-8-13-27-60)36-24-37-73(78)61-28-14-9-15-29-61/h8-55H,57-58H2,1-6H3. The monoisotopic (exact) mass is 1230 g/mol. The summed E-state index contributed by atoms with van der Waals surface area (Å²) in [6.45, 7) is 22.6. The van der Waals surface area contributed by atoms with Gasteiger partial charge in [-0.3, -0.25) is 0 Å². The Morgan fingerprint density at radius 3 is 1.18 bits per heavy atom. The summed E-state index contributed by atoms with van der Waals surface area (Å²) < 4.78 is 2.50. The maximum absolute atomic E-state index is 10.7. The van der Waals surface area contributed by atoms with Crippen LogP contribution in [0.5, 0.6) is 0 Å². The zero-order chi connectivity index (χ0) is 65.4. The minimum Gasteiger partial charge on any atom is -0.338 e.